The van der Waals surface area contributed by atoms with E-state index in [1.807, 2.05) is 13.8 Å². The highest BCUT2D eigenvalue weighted by atomic mass is 16.2. The molecule has 0 aliphatic carbocycles. The second-order valence-corrected chi connectivity index (χ2v) is 5.77. The van der Waals surface area contributed by atoms with Crippen molar-refractivity contribution in [2.75, 3.05) is 20.1 Å². The second-order valence-electron chi connectivity index (χ2n) is 5.77. The number of likely N-dealkylation sites (N-methyl/N-ethyl adjacent to an activating group) is 1. The molecule has 0 spiro atoms. The van der Waals surface area contributed by atoms with Gasteiger partial charge in [-0.15, -0.1) is 0 Å². The van der Waals surface area contributed by atoms with Crippen molar-refractivity contribution in [1.29, 1.82) is 0 Å². The molecule has 2 saturated heterocycles. The predicted molar refractivity (Wildman–Crippen MR) is 73.7 cm³/mol. The van der Waals surface area contributed by atoms with Gasteiger partial charge < -0.3 is 15.1 Å². The van der Waals surface area contributed by atoms with Crippen LogP contribution in [0.2, 0.25) is 0 Å². The number of amides is 2. The zero-order valence-corrected chi connectivity index (χ0v) is 12.2. The summed E-state index contributed by atoms with van der Waals surface area (Å²) in [6, 6.07) is -0.285. The minimum absolute atomic E-state index is 0.0232. The normalized spacial score (nSPS) is 33.4. The fourth-order valence-electron chi connectivity index (χ4n) is 3.01. The smallest absolute Gasteiger partial charge is 0.245 e. The van der Waals surface area contributed by atoms with Crippen molar-refractivity contribution in [2.45, 2.75) is 57.7 Å². The summed E-state index contributed by atoms with van der Waals surface area (Å²) in [7, 11) is 2.11. The Morgan fingerprint density at radius 2 is 2.05 bits per heavy atom. The Morgan fingerprint density at radius 3 is 2.68 bits per heavy atom. The minimum atomic E-state index is -0.342. The molecule has 0 radical (unpaired) electrons. The Balaban J connectivity index is 2.07. The van der Waals surface area contributed by atoms with Gasteiger partial charge in [0.2, 0.25) is 11.8 Å². The van der Waals surface area contributed by atoms with Crippen molar-refractivity contribution < 1.29 is 9.59 Å². The molecular formula is C14H25N3O2. The maximum absolute atomic E-state index is 12.4. The largest absolute Gasteiger partial charge is 0.343 e. The van der Waals surface area contributed by atoms with E-state index in [1.165, 1.54) is 12.8 Å². The summed E-state index contributed by atoms with van der Waals surface area (Å²) in [5.74, 6) is 0.0542. The number of hydrogen-bond acceptors (Lipinski definition) is 3. The molecule has 0 aromatic heterocycles. The number of hydrogen-bond donors (Lipinski definition) is 1. The molecule has 5 nitrogen and oxygen atoms in total. The number of piperazine rings is 1. The van der Waals surface area contributed by atoms with Crippen LogP contribution in [0.1, 0.15) is 39.5 Å². The Bertz CT molecular complexity index is 359. The monoisotopic (exact) mass is 267 g/mol. The van der Waals surface area contributed by atoms with Gasteiger partial charge in [-0.1, -0.05) is 13.3 Å². The fourth-order valence-corrected chi connectivity index (χ4v) is 3.01. The van der Waals surface area contributed by atoms with Crippen LogP contribution in [0.15, 0.2) is 0 Å². The van der Waals surface area contributed by atoms with E-state index in [-0.39, 0.29) is 23.9 Å². The van der Waals surface area contributed by atoms with Gasteiger partial charge in [0.25, 0.3) is 0 Å². The van der Waals surface area contributed by atoms with Gasteiger partial charge in [0, 0.05) is 12.6 Å². The molecule has 2 aliphatic rings. The summed E-state index contributed by atoms with van der Waals surface area (Å²) in [5.41, 5.74) is 0. The highest BCUT2D eigenvalue weighted by Crippen LogP contribution is 2.19. The van der Waals surface area contributed by atoms with Gasteiger partial charge in [-0.05, 0) is 39.8 Å². The average molecular weight is 267 g/mol. The van der Waals surface area contributed by atoms with Gasteiger partial charge in [-0.25, -0.2) is 0 Å². The number of nitrogens with one attached hydrogen (secondary N) is 1. The van der Waals surface area contributed by atoms with E-state index in [0.717, 1.165) is 13.0 Å². The molecule has 0 bridgehead atoms. The van der Waals surface area contributed by atoms with E-state index in [9.17, 15) is 9.59 Å². The van der Waals surface area contributed by atoms with Crippen molar-refractivity contribution in [1.82, 2.24) is 15.1 Å². The van der Waals surface area contributed by atoms with E-state index in [1.54, 1.807) is 4.90 Å². The van der Waals surface area contributed by atoms with Crippen LogP contribution in [0.25, 0.3) is 0 Å². The standard InChI is InChI=1S/C14H25N3O2/c1-4-12-14(19)17(10(2)13(18)15-12)9-11-7-5-6-8-16(11)3/h10-12H,4-9H2,1-3H3,(H,15,18). The molecule has 2 fully saturated rings. The third kappa shape index (κ3) is 2.91. The van der Waals surface area contributed by atoms with Crippen LogP contribution in [0.4, 0.5) is 0 Å². The van der Waals surface area contributed by atoms with Gasteiger partial charge in [-0.2, -0.15) is 0 Å². The van der Waals surface area contributed by atoms with Gasteiger partial charge in [0.05, 0.1) is 0 Å². The molecule has 2 amide bonds. The molecule has 108 valence electrons. The number of carbonyl (C=O) groups excluding carboxylic acids is 2. The number of nitrogens with zero attached hydrogens (tertiary/aromatic N) is 2. The lowest BCUT2D eigenvalue weighted by Gasteiger charge is -2.42. The Morgan fingerprint density at radius 1 is 1.32 bits per heavy atom. The quantitative estimate of drug-likeness (QED) is 0.814. The summed E-state index contributed by atoms with van der Waals surface area (Å²) in [5, 5.41) is 2.80. The maximum atomic E-state index is 12.4. The van der Waals surface area contributed by atoms with Crippen LogP contribution < -0.4 is 5.32 Å². The molecule has 0 saturated carbocycles. The van der Waals surface area contributed by atoms with Crippen LogP contribution >= 0.6 is 0 Å². The average Bonchev–Trinajstić information content (AvgIpc) is 2.41. The lowest BCUT2D eigenvalue weighted by Crippen LogP contribution is -2.64. The molecule has 2 aliphatic heterocycles. The summed E-state index contributed by atoms with van der Waals surface area (Å²) in [4.78, 5) is 28.4. The van der Waals surface area contributed by atoms with Crippen molar-refractivity contribution in [3.05, 3.63) is 0 Å². The molecule has 2 heterocycles. The topological polar surface area (TPSA) is 52.7 Å². The Hall–Kier alpha value is -1.10. The van der Waals surface area contributed by atoms with Gasteiger partial charge in [-0.3, -0.25) is 9.59 Å². The predicted octanol–water partition coefficient (Wildman–Crippen LogP) is 0.596. The first kappa shape index (κ1) is 14.3. The van der Waals surface area contributed by atoms with Crippen LogP contribution in [-0.4, -0.2) is 59.9 Å². The van der Waals surface area contributed by atoms with Gasteiger partial charge in [0.1, 0.15) is 12.1 Å². The molecule has 19 heavy (non-hydrogen) atoms. The molecule has 3 atom stereocenters. The molecule has 0 aromatic carbocycles. The SMILES string of the molecule is CCC1NC(=O)C(C)N(CC2CCCCN2C)C1=O. The van der Waals surface area contributed by atoms with E-state index in [0.29, 0.717) is 19.0 Å². The second kappa shape index (κ2) is 5.90. The molecule has 0 aromatic rings. The van der Waals surface area contributed by atoms with Crippen molar-refractivity contribution in [3.63, 3.8) is 0 Å². The Labute approximate surface area is 115 Å². The molecule has 5 heteroatoms. The lowest BCUT2D eigenvalue weighted by molar-refractivity contribution is -0.149. The van der Waals surface area contributed by atoms with Gasteiger partial charge >= 0.3 is 0 Å². The Kier molecular flexibility index (Phi) is 4.45. The fraction of sp³-hybridized carbons (Fsp3) is 0.857. The van der Waals surface area contributed by atoms with E-state index >= 15 is 0 Å². The number of likely N-dealkylation sites (tertiary alicyclic amines) is 1. The first-order valence-corrected chi connectivity index (χ1v) is 7.35. The lowest BCUT2D eigenvalue weighted by atomic mass is 9.99. The zero-order valence-electron chi connectivity index (χ0n) is 12.2. The van der Waals surface area contributed by atoms with E-state index in [2.05, 4.69) is 17.3 Å². The summed E-state index contributed by atoms with van der Waals surface area (Å²) in [6.45, 7) is 5.52. The molecule has 1 N–H and O–H groups in total. The third-order valence-corrected chi connectivity index (χ3v) is 4.48. The van der Waals surface area contributed by atoms with Crippen molar-refractivity contribution in [3.8, 4) is 0 Å². The first-order valence-electron chi connectivity index (χ1n) is 7.35. The van der Waals surface area contributed by atoms with Crippen LogP contribution in [0.3, 0.4) is 0 Å². The van der Waals surface area contributed by atoms with Crippen LogP contribution in [-0.2, 0) is 9.59 Å². The van der Waals surface area contributed by atoms with Crippen molar-refractivity contribution in [2.24, 2.45) is 0 Å². The first-order chi connectivity index (χ1) is 9.04. The highest BCUT2D eigenvalue weighted by molar-refractivity contribution is 5.96. The maximum Gasteiger partial charge on any atom is 0.245 e. The van der Waals surface area contributed by atoms with E-state index in [4.69, 9.17) is 0 Å². The summed E-state index contributed by atoms with van der Waals surface area (Å²) >= 11 is 0. The van der Waals surface area contributed by atoms with Crippen LogP contribution in [0, 0.1) is 0 Å². The summed E-state index contributed by atoms with van der Waals surface area (Å²) < 4.78 is 0. The van der Waals surface area contributed by atoms with E-state index < -0.39 is 0 Å². The number of piperidine rings is 1. The van der Waals surface area contributed by atoms with Gasteiger partial charge in [0.15, 0.2) is 0 Å². The molecule has 2 rings (SSSR count). The minimum Gasteiger partial charge on any atom is -0.343 e. The number of carbonyl (C=O) groups is 2. The third-order valence-electron chi connectivity index (χ3n) is 4.48. The molecular weight excluding hydrogens is 242 g/mol. The highest BCUT2D eigenvalue weighted by Gasteiger charge is 2.38. The molecule has 3 unspecified atom stereocenters. The number of rotatable bonds is 3. The van der Waals surface area contributed by atoms with Crippen molar-refractivity contribution >= 4 is 11.8 Å². The summed E-state index contributed by atoms with van der Waals surface area (Å²) in [6.07, 6.45) is 4.23. The zero-order chi connectivity index (χ0) is 14.0. The van der Waals surface area contributed by atoms with Crippen LogP contribution in [0.5, 0.6) is 0 Å².